The van der Waals surface area contributed by atoms with E-state index in [4.69, 9.17) is 5.73 Å². The second kappa shape index (κ2) is 31.8. The van der Waals surface area contributed by atoms with Crippen LogP contribution >= 0.6 is 0 Å². The number of unbranched alkanes of at least 4 members (excludes halogenated alkanes) is 14. The minimum atomic E-state index is 0.712. The van der Waals surface area contributed by atoms with Crippen molar-refractivity contribution in [2.45, 2.75) is 103 Å². The van der Waals surface area contributed by atoms with Gasteiger partial charge >= 0.3 is 0 Å². The zero-order chi connectivity index (χ0) is 23.9. The van der Waals surface area contributed by atoms with Crippen LogP contribution in [0.15, 0.2) is 0 Å². The van der Waals surface area contributed by atoms with Crippen LogP contribution in [0.1, 0.15) is 103 Å². The maximum absolute atomic E-state index is 5.43. The van der Waals surface area contributed by atoms with Crippen molar-refractivity contribution in [1.82, 2.24) is 26.6 Å². The fourth-order valence-electron chi connectivity index (χ4n) is 4.06. The first-order valence-electron chi connectivity index (χ1n) is 14.7. The Kier molecular flexibility index (Phi) is 31.5. The van der Waals surface area contributed by atoms with E-state index < -0.39 is 0 Å². The first-order chi connectivity index (χ1) is 16.4. The highest BCUT2D eigenvalue weighted by Crippen LogP contribution is 2.13. The molecule has 0 aliphatic rings. The zero-order valence-electron chi connectivity index (χ0n) is 22.5. The summed E-state index contributed by atoms with van der Waals surface area (Å²) in [6, 6.07) is 0. The van der Waals surface area contributed by atoms with Gasteiger partial charge in [0.05, 0.1) is 0 Å². The number of hydrogen-bond donors (Lipinski definition) is 6. The minimum Gasteiger partial charge on any atom is -0.329 e. The number of nitrogens with two attached hydrogens (primary N) is 1. The summed E-state index contributed by atoms with van der Waals surface area (Å²) >= 11 is 0. The highest BCUT2D eigenvalue weighted by molar-refractivity contribution is 4.58. The molecule has 0 aliphatic heterocycles. The molecule has 0 aliphatic carbocycles. The summed E-state index contributed by atoms with van der Waals surface area (Å²) in [7, 11) is 0. The van der Waals surface area contributed by atoms with Crippen molar-refractivity contribution in [1.29, 1.82) is 0 Å². The van der Waals surface area contributed by atoms with E-state index in [0.29, 0.717) is 6.54 Å². The van der Waals surface area contributed by atoms with Crippen LogP contribution in [0.5, 0.6) is 0 Å². The molecular weight excluding hydrogens is 408 g/mol. The quantitative estimate of drug-likeness (QED) is 0.0897. The van der Waals surface area contributed by atoms with E-state index in [2.05, 4.69) is 33.5 Å². The average Bonchev–Trinajstić information content (AvgIpc) is 2.83. The molecule has 0 saturated heterocycles. The molecule has 0 bridgehead atoms. The average molecular weight is 471 g/mol. The molecule has 0 radical (unpaired) electrons. The van der Waals surface area contributed by atoms with Gasteiger partial charge in [-0.05, 0) is 13.0 Å². The van der Waals surface area contributed by atoms with Gasteiger partial charge < -0.3 is 32.3 Å². The van der Waals surface area contributed by atoms with Crippen LogP contribution in [0.25, 0.3) is 0 Å². The Morgan fingerprint density at radius 1 is 0.333 bits per heavy atom. The first kappa shape index (κ1) is 32.8. The van der Waals surface area contributed by atoms with Crippen molar-refractivity contribution < 1.29 is 0 Å². The van der Waals surface area contributed by atoms with E-state index in [1.54, 1.807) is 0 Å². The molecule has 0 saturated carbocycles. The number of hydrogen-bond acceptors (Lipinski definition) is 6. The van der Waals surface area contributed by atoms with Crippen molar-refractivity contribution in [2.75, 3.05) is 72.0 Å². The van der Waals surface area contributed by atoms with Crippen molar-refractivity contribution >= 4 is 0 Å². The predicted octanol–water partition coefficient (Wildman–Crippen LogP) is 3.76. The molecule has 0 rings (SSSR count). The lowest BCUT2D eigenvalue weighted by Crippen LogP contribution is -2.37. The molecule has 0 amide bonds. The lowest BCUT2D eigenvalue weighted by Gasteiger charge is -2.09. The smallest absolute Gasteiger partial charge is 0.00772 e. The first-order valence-corrected chi connectivity index (χ1v) is 14.7. The highest BCUT2D eigenvalue weighted by Gasteiger charge is 1.95. The molecule has 0 aromatic rings. The molecule has 0 heterocycles. The SMILES string of the molecule is CCCCCCCCCCCCCCCCCNCCNCCNCCNCCNCCN. The van der Waals surface area contributed by atoms with Crippen molar-refractivity contribution in [3.63, 3.8) is 0 Å². The fraction of sp³-hybridized carbons (Fsp3) is 1.00. The maximum Gasteiger partial charge on any atom is 0.00772 e. The molecule has 0 spiro atoms. The van der Waals surface area contributed by atoms with Gasteiger partial charge in [0, 0.05) is 65.4 Å². The van der Waals surface area contributed by atoms with Crippen LogP contribution in [0, 0.1) is 0 Å². The lowest BCUT2D eigenvalue weighted by atomic mass is 10.0. The van der Waals surface area contributed by atoms with Gasteiger partial charge in [-0.3, -0.25) is 0 Å². The Hall–Kier alpha value is -0.240. The zero-order valence-corrected chi connectivity index (χ0v) is 22.5. The molecule has 200 valence electrons. The Labute approximate surface area is 207 Å². The van der Waals surface area contributed by atoms with Gasteiger partial charge in [-0.25, -0.2) is 0 Å². The monoisotopic (exact) mass is 471 g/mol. The molecule has 0 aromatic heterocycles. The number of rotatable bonds is 30. The second-order valence-electron chi connectivity index (χ2n) is 9.49. The molecule has 6 heteroatoms. The third-order valence-corrected chi connectivity index (χ3v) is 6.19. The topological polar surface area (TPSA) is 86.2 Å². The Balaban J connectivity index is 2.99. The fourth-order valence-corrected chi connectivity index (χ4v) is 4.06. The summed E-state index contributed by atoms with van der Waals surface area (Å²) in [5.74, 6) is 0. The summed E-state index contributed by atoms with van der Waals surface area (Å²) in [6.07, 6.45) is 21.5. The van der Waals surface area contributed by atoms with E-state index in [1.807, 2.05) is 0 Å². The lowest BCUT2D eigenvalue weighted by molar-refractivity contribution is 0.523. The van der Waals surface area contributed by atoms with E-state index >= 15 is 0 Å². The third kappa shape index (κ3) is 31.8. The summed E-state index contributed by atoms with van der Waals surface area (Å²) in [5.41, 5.74) is 5.43. The highest BCUT2D eigenvalue weighted by atomic mass is 15.0. The van der Waals surface area contributed by atoms with Gasteiger partial charge in [0.15, 0.2) is 0 Å². The van der Waals surface area contributed by atoms with Gasteiger partial charge in [0.1, 0.15) is 0 Å². The molecule has 0 atom stereocenters. The molecule has 7 N–H and O–H groups in total. The van der Waals surface area contributed by atoms with Crippen LogP contribution < -0.4 is 32.3 Å². The Morgan fingerprint density at radius 3 is 0.939 bits per heavy atom. The van der Waals surface area contributed by atoms with E-state index in [-0.39, 0.29) is 0 Å². The summed E-state index contributed by atoms with van der Waals surface area (Å²) < 4.78 is 0. The van der Waals surface area contributed by atoms with Crippen LogP contribution in [0.2, 0.25) is 0 Å². The van der Waals surface area contributed by atoms with E-state index in [1.165, 1.54) is 103 Å². The van der Waals surface area contributed by atoms with Gasteiger partial charge in [-0.1, -0.05) is 96.8 Å². The molecule has 0 fully saturated rings. The Bertz CT molecular complexity index is 300. The molecule has 33 heavy (non-hydrogen) atoms. The van der Waals surface area contributed by atoms with Gasteiger partial charge in [-0.2, -0.15) is 0 Å². The number of nitrogens with one attached hydrogen (secondary N) is 5. The van der Waals surface area contributed by atoms with E-state index in [9.17, 15) is 0 Å². The van der Waals surface area contributed by atoms with E-state index in [0.717, 1.165) is 58.9 Å². The molecule has 6 nitrogen and oxygen atoms in total. The summed E-state index contributed by atoms with van der Waals surface area (Å²) in [4.78, 5) is 0. The largest absolute Gasteiger partial charge is 0.329 e. The van der Waals surface area contributed by atoms with Gasteiger partial charge in [0.2, 0.25) is 0 Å². The standard InChI is InChI=1S/C27H62N6/c1-2-3-4-5-6-7-8-9-10-11-12-13-14-15-16-18-29-20-22-31-24-26-33-27-25-32-23-21-30-19-17-28/h29-33H,2-28H2,1H3. The maximum atomic E-state index is 5.43. The summed E-state index contributed by atoms with van der Waals surface area (Å²) in [5, 5.41) is 17.2. The van der Waals surface area contributed by atoms with Crippen LogP contribution in [0.4, 0.5) is 0 Å². The predicted molar refractivity (Wildman–Crippen MR) is 148 cm³/mol. The van der Waals surface area contributed by atoms with Crippen molar-refractivity contribution in [3.8, 4) is 0 Å². The van der Waals surface area contributed by atoms with Crippen LogP contribution in [-0.4, -0.2) is 72.0 Å². The van der Waals surface area contributed by atoms with Gasteiger partial charge in [-0.15, -0.1) is 0 Å². The van der Waals surface area contributed by atoms with Gasteiger partial charge in [0.25, 0.3) is 0 Å². The van der Waals surface area contributed by atoms with Crippen molar-refractivity contribution in [3.05, 3.63) is 0 Å². The summed E-state index contributed by atoms with van der Waals surface area (Å²) in [6.45, 7) is 13.3. The molecule has 0 unspecified atom stereocenters. The van der Waals surface area contributed by atoms with Crippen LogP contribution in [-0.2, 0) is 0 Å². The Morgan fingerprint density at radius 2 is 0.606 bits per heavy atom. The van der Waals surface area contributed by atoms with Crippen LogP contribution in [0.3, 0.4) is 0 Å². The second-order valence-corrected chi connectivity index (χ2v) is 9.49. The minimum absolute atomic E-state index is 0.712. The molecular formula is C27H62N6. The normalized spacial score (nSPS) is 11.5. The third-order valence-electron chi connectivity index (χ3n) is 6.19. The molecule has 0 aromatic carbocycles. The van der Waals surface area contributed by atoms with Crippen molar-refractivity contribution in [2.24, 2.45) is 5.73 Å².